The second kappa shape index (κ2) is 8.49. The molecule has 1 aromatic carbocycles. The van der Waals surface area contributed by atoms with Crippen LogP contribution in [0.4, 0.5) is 17.3 Å². The van der Waals surface area contributed by atoms with E-state index in [0.717, 1.165) is 41.3 Å². The van der Waals surface area contributed by atoms with Crippen LogP contribution in [0.25, 0.3) is 11.4 Å². The Hall–Kier alpha value is -3.23. The van der Waals surface area contributed by atoms with Gasteiger partial charge in [-0.25, -0.2) is 9.97 Å². The lowest BCUT2D eigenvalue weighted by molar-refractivity contribution is 0.0952. The highest BCUT2D eigenvalue weighted by molar-refractivity contribution is 5.65. The average Bonchev–Trinajstić information content (AvgIpc) is 2.79. The van der Waals surface area contributed by atoms with Crippen molar-refractivity contribution in [3.63, 3.8) is 0 Å². The second-order valence-corrected chi connectivity index (χ2v) is 7.85. The van der Waals surface area contributed by atoms with Crippen molar-refractivity contribution in [2.75, 3.05) is 36.6 Å². The van der Waals surface area contributed by atoms with Crippen LogP contribution in [0.5, 0.6) is 0 Å². The smallest absolute Gasteiger partial charge is 0.249 e. The van der Waals surface area contributed by atoms with E-state index in [-0.39, 0.29) is 11.6 Å². The Morgan fingerprint density at radius 2 is 1.97 bits per heavy atom. The van der Waals surface area contributed by atoms with Gasteiger partial charge in [-0.15, -0.1) is 0 Å². The molecule has 1 saturated heterocycles. The van der Waals surface area contributed by atoms with Gasteiger partial charge < -0.3 is 24.7 Å². The van der Waals surface area contributed by atoms with Crippen molar-refractivity contribution in [2.45, 2.75) is 26.0 Å². The Morgan fingerprint density at radius 3 is 2.77 bits per heavy atom. The maximum Gasteiger partial charge on any atom is 0.249 e. The van der Waals surface area contributed by atoms with E-state index in [4.69, 9.17) is 19.4 Å². The first-order chi connectivity index (χ1) is 15.2. The number of ether oxygens (including phenoxy) is 2. The van der Waals surface area contributed by atoms with Crippen molar-refractivity contribution in [2.24, 2.45) is 0 Å². The summed E-state index contributed by atoms with van der Waals surface area (Å²) in [4.78, 5) is 26.4. The van der Waals surface area contributed by atoms with Crippen LogP contribution in [0.1, 0.15) is 18.2 Å². The molecule has 0 spiro atoms. The number of aromatic amines is 1. The zero-order valence-corrected chi connectivity index (χ0v) is 17.4. The summed E-state index contributed by atoms with van der Waals surface area (Å²) in [6.45, 7) is 5.58. The van der Waals surface area contributed by atoms with Gasteiger partial charge in [0.2, 0.25) is 5.56 Å². The van der Waals surface area contributed by atoms with Gasteiger partial charge in [0.15, 0.2) is 5.82 Å². The van der Waals surface area contributed by atoms with E-state index in [9.17, 15) is 4.79 Å². The Labute approximate surface area is 180 Å². The van der Waals surface area contributed by atoms with Gasteiger partial charge in [0, 0.05) is 35.8 Å². The number of nitrogens with one attached hydrogen (secondary N) is 2. The highest BCUT2D eigenvalue weighted by atomic mass is 16.5. The van der Waals surface area contributed by atoms with Crippen molar-refractivity contribution in [1.82, 2.24) is 15.0 Å². The number of benzene rings is 1. The molecule has 8 heteroatoms. The minimum atomic E-state index is -0.141. The van der Waals surface area contributed by atoms with Crippen molar-refractivity contribution < 1.29 is 9.47 Å². The van der Waals surface area contributed by atoms with Crippen LogP contribution in [0.15, 0.2) is 47.3 Å². The summed E-state index contributed by atoms with van der Waals surface area (Å²) in [5, 5.41) is 3.21. The minimum Gasteiger partial charge on any atom is -0.377 e. The van der Waals surface area contributed by atoms with Crippen LogP contribution >= 0.6 is 0 Å². The zero-order valence-electron chi connectivity index (χ0n) is 17.4. The number of H-pyrrole nitrogens is 1. The standard InChI is InChI=1S/C23H25N5O3/c1-15-13-31-12-10-28(15)23-18-14-30-11-9-19(18)25-22(27-23)16-5-7-17(8-6-16)24-20-3-2-4-21(29)26-20/h2-8,15H,9-14H2,1H3,(H2,24,26,29). The number of pyridine rings is 1. The van der Waals surface area contributed by atoms with Gasteiger partial charge in [0.05, 0.1) is 38.2 Å². The average molecular weight is 419 g/mol. The first-order valence-electron chi connectivity index (χ1n) is 10.6. The van der Waals surface area contributed by atoms with E-state index in [1.54, 1.807) is 6.07 Å². The third-order valence-electron chi connectivity index (χ3n) is 5.63. The van der Waals surface area contributed by atoms with Gasteiger partial charge in [-0.2, -0.15) is 0 Å². The summed E-state index contributed by atoms with van der Waals surface area (Å²) in [5.74, 6) is 2.32. The number of rotatable bonds is 4. The fourth-order valence-corrected chi connectivity index (χ4v) is 4.00. The number of hydrogen-bond acceptors (Lipinski definition) is 7. The number of morpholine rings is 1. The van der Waals surface area contributed by atoms with E-state index < -0.39 is 0 Å². The molecule has 2 N–H and O–H groups in total. The highest BCUT2D eigenvalue weighted by Gasteiger charge is 2.27. The molecule has 2 aromatic heterocycles. The Balaban J connectivity index is 1.47. The number of anilines is 3. The Bertz CT molecular complexity index is 1130. The van der Waals surface area contributed by atoms with Crippen molar-refractivity contribution in [3.8, 4) is 11.4 Å². The molecule has 4 heterocycles. The van der Waals surface area contributed by atoms with Crippen molar-refractivity contribution in [1.29, 1.82) is 0 Å². The molecular formula is C23H25N5O3. The molecule has 0 saturated carbocycles. The fourth-order valence-electron chi connectivity index (χ4n) is 4.00. The normalized spacial score (nSPS) is 18.5. The van der Waals surface area contributed by atoms with E-state index in [1.807, 2.05) is 30.3 Å². The fraction of sp³-hybridized carbons (Fsp3) is 0.348. The molecule has 2 aliphatic heterocycles. The van der Waals surface area contributed by atoms with E-state index >= 15 is 0 Å². The number of hydrogen-bond donors (Lipinski definition) is 2. The number of fused-ring (bicyclic) bond motifs is 1. The SMILES string of the molecule is CC1COCCN1c1nc(-c2ccc(Nc3cccc(=O)[nH]3)cc2)nc2c1COCC2. The predicted octanol–water partition coefficient (Wildman–Crippen LogP) is 2.87. The maximum atomic E-state index is 11.5. The zero-order chi connectivity index (χ0) is 21.2. The summed E-state index contributed by atoms with van der Waals surface area (Å²) < 4.78 is 11.3. The lowest BCUT2D eigenvalue weighted by Crippen LogP contribution is -2.45. The van der Waals surface area contributed by atoms with Crippen LogP contribution in [0.3, 0.4) is 0 Å². The highest BCUT2D eigenvalue weighted by Crippen LogP contribution is 2.31. The molecule has 0 bridgehead atoms. The van der Waals surface area contributed by atoms with E-state index in [0.29, 0.717) is 38.1 Å². The molecule has 0 aliphatic carbocycles. The number of aromatic nitrogens is 3. The quantitative estimate of drug-likeness (QED) is 0.672. The molecule has 160 valence electrons. The molecule has 31 heavy (non-hydrogen) atoms. The Kier molecular flexibility index (Phi) is 5.40. The molecule has 5 rings (SSSR count). The number of nitrogens with zero attached hydrogens (tertiary/aromatic N) is 3. The summed E-state index contributed by atoms with van der Waals surface area (Å²) in [6, 6.07) is 13.2. The second-order valence-electron chi connectivity index (χ2n) is 7.85. The van der Waals surface area contributed by atoms with Gasteiger partial charge >= 0.3 is 0 Å². The van der Waals surface area contributed by atoms with Gasteiger partial charge in [-0.3, -0.25) is 4.79 Å². The van der Waals surface area contributed by atoms with Gasteiger partial charge in [0.25, 0.3) is 0 Å². The van der Waals surface area contributed by atoms with Gasteiger partial charge in [-0.1, -0.05) is 6.07 Å². The molecular weight excluding hydrogens is 394 g/mol. The third kappa shape index (κ3) is 4.17. The summed E-state index contributed by atoms with van der Waals surface area (Å²) >= 11 is 0. The lowest BCUT2D eigenvalue weighted by atomic mass is 10.1. The molecule has 1 unspecified atom stereocenters. The lowest BCUT2D eigenvalue weighted by Gasteiger charge is -2.36. The first kappa shape index (κ1) is 19.7. The molecule has 1 atom stereocenters. The Morgan fingerprint density at radius 1 is 1.10 bits per heavy atom. The third-order valence-corrected chi connectivity index (χ3v) is 5.63. The largest absolute Gasteiger partial charge is 0.377 e. The maximum absolute atomic E-state index is 11.5. The van der Waals surface area contributed by atoms with E-state index in [1.165, 1.54) is 6.07 Å². The molecule has 1 fully saturated rings. The van der Waals surface area contributed by atoms with Crippen LogP contribution in [-0.4, -0.2) is 47.4 Å². The topological polar surface area (TPSA) is 92.4 Å². The first-order valence-corrected chi connectivity index (χ1v) is 10.6. The summed E-state index contributed by atoms with van der Waals surface area (Å²) in [6.07, 6.45) is 0.789. The monoisotopic (exact) mass is 419 g/mol. The van der Waals surface area contributed by atoms with Gasteiger partial charge in [0.1, 0.15) is 11.6 Å². The molecule has 3 aromatic rings. The summed E-state index contributed by atoms with van der Waals surface area (Å²) in [5.41, 5.74) is 3.84. The molecule has 8 nitrogen and oxygen atoms in total. The van der Waals surface area contributed by atoms with Crippen molar-refractivity contribution in [3.05, 3.63) is 64.1 Å². The predicted molar refractivity (Wildman–Crippen MR) is 119 cm³/mol. The summed E-state index contributed by atoms with van der Waals surface area (Å²) in [7, 11) is 0. The van der Waals surface area contributed by atoms with Crippen LogP contribution in [-0.2, 0) is 22.5 Å². The minimum absolute atomic E-state index is 0.141. The van der Waals surface area contributed by atoms with Crippen LogP contribution in [0.2, 0.25) is 0 Å². The van der Waals surface area contributed by atoms with Crippen LogP contribution < -0.4 is 15.8 Å². The van der Waals surface area contributed by atoms with Crippen LogP contribution in [0, 0.1) is 0 Å². The van der Waals surface area contributed by atoms with E-state index in [2.05, 4.69) is 22.1 Å². The molecule has 0 radical (unpaired) electrons. The van der Waals surface area contributed by atoms with Gasteiger partial charge in [-0.05, 0) is 37.3 Å². The van der Waals surface area contributed by atoms with Crippen molar-refractivity contribution >= 4 is 17.3 Å². The molecule has 2 aliphatic rings. The molecule has 0 amide bonds.